The zero-order chi connectivity index (χ0) is 21.1. The van der Waals surface area contributed by atoms with Crippen LogP contribution in [0.3, 0.4) is 0 Å². The smallest absolute Gasteiger partial charge is 0.258 e. The van der Waals surface area contributed by atoms with E-state index in [2.05, 4.69) is 20.9 Å². The number of fused-ring (bicyclic) bond motifs is 1. The lowest BCUT2D eigenvalue weighted by atomic mass is 9.97. The lowest BCUT2D eigenvalue weighted by molar-refractivity contribution is 0.101. The number of halogens is 1. The van der Waals surface area contributed by atoms with Crippen LogP contribution >= 0.6 is 11.6 Å². The van der Waals surface area contributed by atoms with Gasteiger partial charge in [-0.25, -0.2) is 4.98 Å². The lowest BCUT2D eigenvalue weighted by Crippen LogP contribution is -2.30. The Kier molecular flexibility index (Phi) is 6.11. The van der Waals surface area contributed by atoms with Gasteiger partial charge in [-0.05, 0) is 49.6 Å². The van der Waals surface area contributed by atoms with Gasteiger partial charge in [0.2, 0.25) is 0 Å². The van der Waals surface area contributed by atoms with E-state index in [0.29, 0.717) is 28.2 Å². The fourth-order valence-corrected chi connectivity index (χ4v) is 4.07. The van der Waals surface area contributed by atoms with Crippen molar-refractivity contribution in [1.82, 2.24) is 14.9 Å². The number of nitrogens with zero attached hydrogens (tertiary/aromatic N) is 2. The van der Waals surface area contributed by atoms with Crippen molar-refractivity contribution in [3.8, 4) is 0 Å². The minimum Gasteiger partial charge on any atom is -0.310 e. The molecule has 0 atom stereocenters. The summed E-state index contributed by atoms with van der Waals surface area (Å²) in [6, 6.07) is 13.1. The van der Waals surface area contributed by atoms with Gasteiger partial charge in [0.05, 0.1) is 15.9 Å². The Balaban J connectivity index is 1.34. The van der Waals surface area contributed by atoms with Gasteiger partial charge in [-0.3, -0.25) is 14.5 Å². The van der Waals surface area contributed by atoms with Crippen LogP contribution < -0.4 is 5.56 Å². The average Bonchev–Trinajstić information content (AvgIpc) is 2.75. The maximum Gasteiger partial charge on any atom is 0.258 e. The van der Waals surface area contributed by atoms with Gasteiger partial charge < -0.3 is 4.98 Å². The van der Waals surface area contributed by atoms with Crippen LogP contribution in [0.2, 0.25) is 5.02 Å². The molecule has 1 N–H and O–H groups in total. The highest BCUT2D eigenvalue weighted by atomic mass is 35.5. The Bertz CT molecular complexity index is 1170. The number of hydrogen-bond acceptors (Lipinski definition) is 4. The van der Waals surface area contributed by atoms with E-state index in [1.165, 1.54) is 11.1 Å². The first kappa shape index (κ1) is 20.5. The molecule has 5 nitrogen and oxygen atoms in total. The minimum absolute atomic E-state index is 0.0925. The standard InChI is InChI=1S/C24H24ClN3O2/c1-16(29)17-7-9-18(10-8-17)19-11-14-28(15-12-19)13-3-6-22-26-23-20(24(30)27-22)4-2-5-21(23)25/h2,4-5,7-11H,3,6,12-15H2,1H3,(H,26,27,30). The number of rotatable bonds is 6. The molecule has 0 saturated heterocycles. The highest BCUT2D eigenvalue weighted by Gasteiger charge is 2.14. The molecule has 0 saturated carbocycles. The van der Waals surface area contributed by atoms with E-state index in [0.717, 1.165) is 38.0 Å². The van der Waals surface area contributed by atoms with Crippen LogP contribution in [0, 0.1) is 0 Å². The van der Waals surface area contributed by atoms with E-state index in [-0.39, 0.29) is 11.3 Å². The highest BCUT2D eigenvalue weighted by Crippen LogP contribution is 2.23. The largest absolute Gasteiger partial charge is 0.310 e. The Hall–Kier alpha value is -2.76. The maximum atomic E-state index is 12.3. The lowest BCUT2D eigenvalue weighted by Gasteiger charge is -2.26. The van der Waals surface area contributed by atoms with Crippen LogP contribution in [0.4, 0.5) is 0 Å². The quantitative estimate of drug-likeness (QED) is 0.595. The van der Waals surface area contributed by atoms with Crippen LogP contribution in [0.15, 0.2) is 53.3 Å². The van der Waals surface area contributed by atoms with E-state index >= 15 is 0 Å². The fourth-order valence-electron chi connectivity index (χ4n) is 3.86. The van der Waals surface area contributed by atoms with E-state index in [1.54, 1.807) is 25.1 Å². The van der Waals surface area contributed by atoms with Crippen molar-refractivity contribution >= 4 is 33.9 Å². The molecule has 30 heavy (non-hydrogen) atoms. The molecule has 0 amide bonds. The monoisotopic (exact) mass is 421 g/mol. The number of Topliss-reactive ketones (excluding diaryl/α,β-unsaturated/α-hetero) is 1. The van der Waals surface area contributed by atoms with E-state index in [9.17, 15) is 9.59 Å². The molecule has 1 aromatic heterocycles. The first-order valence-electron chi connectivity index (χ1n) is 10.2. The van der Waals surface area contributed by atoms with Crippen molar-refractivity contribution in [2.75, 3.05) is 19.6 Å². The van der Waals surface area contributed by atoms with Gasteiger partial charge in [0.25, 0.3) is 5.56 Å². The molecule has 1 aliphatic rings. The molecule has 3 aromatic rings. The molecule has 2 heterocycles. The third-order valence-corrected chi connectivity index (χ3v) is 5.88. The fraction of sp³-hybridized carbons (Fsp3) is 0.292. The van der Waals surface area contributed by atoms with Crippen LogP contribution in [0.25, 0.3) is 16.5 Å². The maximum absolute atomic E-state index is 12.3. The summed E-state index contributed by atoms with van der Waals surface area (Å²) in [5, 5.41) is 1.03. The van der Waals surface area contributed by atoms with Gasteiger partial charge in [0, 0.05) is 25.1 Å². The van der Waals surface area contributed by atoms with E-state index in [4.69, 9.17) is 11.6 Å². The van der Waals surface area contributed by atoms with Gasteiger partial charge in [0.1, 0.15) is 5.82 Å². The summed E-state index contributed by atoms with van der Waals surface area (Å²) in [6.45, 7) is 4.42. The number of hydrogen-bond donors (Lipinski definition) is 1. The topological polar surface area (TPSA) is 66.1 Å². The average molecular weight is 422 g/mol. The Morgan fingerprint density at radius 1 is 1.20 bits per heavy atom. The number of aryl methyl sites for hydroxylation is 1. The molecule has 4 rings (SSSR count). The van der Waals surface area contributed by atoms with Crippen LogP contribution in [-0.4, -0.2) is 40.3 Å². The molecule has 0 aliphatic carbocycles. The summed E-state index contributed by atoms with van der Waals surface area (Å²) in [5.74, 6) is 0.772. The number of carbonyl (C=O) groups is 1. The predicted octanol–water partition coefficient (Wildman–Crippen LogP) is 4.50. The second-order valence-corrected chi connectivity index (χ2v) is 8.07. The number of aromatic amines is 1. The summed E-state index contributed by atoms with van der Waals surface area (Å²) < 4.78 is 0. The van der Waals surface area contributed by atoms with Crippen molar-refractivity contribution in [1.29, 1.82) is 0 Å². The second kappa shape index (κ2) is 8.94. The second-order valence-electron chi connectivity index (χ2n) is 7.67. The number of carbonyl (C=O) groups excluding carboxylic acids is 1. The molecule has 0 spiro atoms. The molecular formula is C24H24ClN3O2. The van der Waals surface area contributed by atoms with Crippen molar-refractivity contribution in [3.05, 3.63) is 80.9 Å². The molecule has 0 unspecified atom stereocenters. The minimum atomic E-state index is -0.140. The summed E-state index contributed by atoms with van der Waals surface area (Å²) in [4.78, 5) is 33.5. The zero-order valence-corrected chi connectivity index (χ0v) is 17.7. The summed E-state index contributed by atoms with van der Waals surface area (Å²) >= 11 is 6.20. The first-order chi connectivity index (χ1) is 14.5. The predicted molar refractivity (Wildman–Crippen MR) is 121 cm³/mol. The van der Waals surface area contributed by atoms with E-state index in [1.807, 2.05) is 24.3 Å². The zero-order valence-electron chi connectivity index (χ0n) is 17.0. The number of ketones is 1. The Morgan fingerprint density at radius 3 is 2.70 bits per heavy atom. The van der Waals surface area contributed by atoms with Crippen molar-refractivity contribution in [2.24, 2.45) is 0 Å². The third kappa shape index (κ3) is 4.53. The molecule has 6 heteroatoms. The Morgan fingerprint density at radius 2 is 2.00 bits per heavy atom. The van der Waals surface area contributed by atoms with E-state index < -0.39 is 0 Å². The van der Waals surface area contributed by atoms with Gasteiger partial charge in [-0.1, -0.05) is 48.0 Å². The van der Waals surface area contributed by atoms with Crippen LogP contribution in [0.1, 0.15) is 41.5 Å². The highest BCUT2D eigenvalue weighted by molar-refractivity contribution is 6.34. The third-order valence-electron chi connectivity index (χ3n) is 5.58. The van der Waals surface area contributed by atoms with Crippen LogP contribution in [-0.2, 0) is 6.42 Å². The SMILES string of the molecule is CC(=O)c1ccc(C2=CCN(CCCc3nc4c(Cl)cccc4c(=O)[nH]3)CC2)cc1. The van der Waals surface area contributed by atoms with Gasteiger partial charge in [-0.2, -0.15) is 0 Å². The first-order valence-corrected chi connectivity index (χ1v) is 10.6. The number of para-hydroxylation sites is 1. The van der Waals surface area contributed by atoms with Gasteiger partial charge in [0.15, 0.2) is 5.78 Å². The summed E-state index contributed by atoms with van der Waals surface area (Å²) in [5.41, 5.74) is 3.70. The van der Waals surface area contributed by atoms with Gasteiger partial charge >= 0.3 is 0 Å². The molecule has 0 fully saturated rings. The molecule has 1 aliphatic heterocycles. The van der Waals surface area contributed by atoms with Crippen molar-refractivity contribution in [2.45, 2.75) is 26.2 Å². The molecule has 0 radical (unpaired) electrons. The molecule has 2 aromatic carbocycles. The van der Waals surface area contributed by atoms with Crippen molar-refractivity contribution < 1.29 is 4.79 Å². The summed E-state index contributed by atoms with van der Waals surface area (Å²) in [7, 11) is 0. The number of H-pyrrole nitrogens is 1. The normalized spacial score (nSPS) is 14.7. The van der Waals surface area contributed by atoms with Crippen LogP contribution in [0.5, 0.6) is 0 Å². The summed E-state index contributed by atoms with van der Waals surface area (Å²) in [6.07, 6.45) is 4.87. The Labute approximate surface area is 180 Å². The van der Waals surface area contributed by atoms with Crippen molar-refractivity contribution in [3.63, 3.8) is 0 Å². The molecule has 154 valence electrons. The molecular weight excluding hydrogens is 398 g/mol. The number of benzene rings is 2. The number of nitrogens with one attached hydrogen (secondary N) is 1. The van der Waals surface area contributed by atoms with Gasteiger partial charge in [-0.15, -0.1) is 0 Å². The molecule has 0 bridgehead atoms. The number of aromatic nitrogens is 2.